The maximum absolute atomic E-state index is 11.4. The second-order valence-electron chi connectivity index (χ2n) is 6.63. The van der Waals surface area contributed by atoms with E-state index in [0.717, 1.165) is 23.4 Å². The maximum Gasteiger partial charge on any atom is 0.224 e. The van der Waals surface area contributed by atoms with Crippen LogP contribution in [0.2, 0.25) is 0 Å². The molecule has 0 aliphatic carbocycles. The fraction of sp³-hybridized carbons (Fsp3) is 0.562. The van der Waals surface area contributed by atoms with Crippen LogP contribution < -0.4 is 15.8 Å². The molecule has 0 bridgehead atoms. The molecule has 0 aromatic heterocycles. The van der Waals surface area contributed by atoms with Gasteiger partial charge in [-0.1, -0.05) is 20.8 Å². The van der Waals surface area contributed by atoms with E-state index in [-0.39, 0.29) is 23.5 Å². The van der Waals surface area contributed by atoms with E-state index in [4.69, 9.17) is 10.5 Å². The van der Waals surface area contributed by atoms with Crippen molar-refractivity contribution in [1.82, 2.24) is 0 Å². The highest BCUT2D eigenvalue weighted by atomic mass is 16.5. The number of fused-ring (bicyclic) bond motifs is 1. The first-order valence-electron chi connectivity index (χ1n) is 7.12. The van der Waals surface area contributed by atoms with Crippen LogP contribution in [0.3, 0.4) is 0 Å². The maximum atomic E-state index is 11.4. The lowest BCUT2D eigenvalue weighted by atomic mass is 9.85. The first kappa shape index (κ1) is 14.9. The van der Waals surface area contributed by atoms with Crippen molar-refractivity contribution in [3.05, 3.63) is 23.8 Å². The Morgan fingerprint density at radius 2 is 2.00 bits per heavy atom. The monoisotopic (exact) mass is 276 g/mol. The molecule has 2 rings (SSSR count). The predicted octanol–water partition coefficient (Wildman–Crippen LogP) is 2.71. The summed E-state index contributed by atoms with van der Waals surface area (Å²) in [5.41, 5.74) is 8.03. The molecular weight excluding hydrogens is 252 g/mol. The third-order valence-electron chi connectivity index (χ3n) is 3.57. The highest BCUT2D eigenvalue weighted by molar-refractivity contribution is 5.93. The Hall–Kier alpha value is -1.55. The van der Waals surface area contributed by atoms with Gasteiger partial charge in [0, 0.05) is 23.6 Å². The molecule has 1 aromatic rings. The number of carbonyl (C=O) groups excluding carboxylic acids is 1. The van der Waals surface area contributed by atoms with E-state index in [1.807, 2.05) is 25.1 Å². The molecule has 0 radical (unpaired) electrons. The first-order valence-corrected chi connectivity index (χ1v) is 7.12. The van der Waals surface area contributed by atoms with Crippen LogP contribution in [-0.2, 0) is 11.2 Å². The Labute approximate surface area is 120 Å². The molecule has 0 spiro atoms. The Bertz CT molecular complexity index is 504. The molecule has 1 amide bonds. The van der Waals surface area contributed by atoms with Gasteiger partial charge in [-0.15, -0.1) is 0 Å². The van der Waals surface area contributed by atoms with Crippen molar-refractivity contribution >= 4 is 11.6 Å². The van der Waals surface area contributed by atoms with Crippen molar-refractivity contribution in [3.8, 4) is 5.75 Å². The summed E-state index contributed by atoms with van der Waals surface area (Å²) in [5.74, 6) is 0.895. The fourth-order valence-corrected chi connectivity index (χ4v) is 2.65. The van der Waals surface area contributed by atoms with E-state index in [2.05, 4.69) is 26.1 Å². The van der Waals surface area contributed by atoms with E-state index in [0.29, 0.717) is 6.42 Å². The van der Waals surface area contributed by atoms with Crippen molar-refractivity contribution in [1.29, 1.82) is 0 Å². The lowest BCUT2D eigenvalue weighted by molar-refractivity contribution is -0.116. The highest BCUT2D eigenvalue weighted by Gasteiger charge is 2.30. The number of nitrogens with two attached hydrogens (primary N) is 1. The van der Waals surface area contributed by atoms with Crippen LogP contribution in [-0.4, -0.2) is 18.1 Å². The molecule has 1 heterocycles. The zero-order valence-corrected chi connectivity index (χ0v) is 12.7. The van der Waals surface area contributed by atoms with Crippen LogP contribution in [0.1, 0.15) is 39.7 Å². The van der Waals surface area contributed by atoms with Gasteiger partial charge in [-0.2, -0.15) is 0 Å². The van der Waals surface area contributed by atoms with Crippen LogP contribution >= 0.6 is 0 Å². The van der Waals surface area contributed by atoms with Gasteiger partial charge >= 0.3 is 0 Å². The van der Waals surface area contributed by atoms with Crippen LogP contribution in [0.5, 0.6) is 5.75 Å². The molecular formula is C16H24N2O2. The van der Waals surface area contributed by atoms with Gasteiger partial charge in [0.25, 0.3) is 0 Å². The minimum atomic E-state index is -0.0567. The van der Waals surface area contributed by atoms with Gasteiger partial charge in [-0.3, -0.25) is 4.79 Å². The number of hydrogen-bond donors (Lipinski definition) is 2. The fourth-order valence-electron chi connectivity index (χ4n) is 2.65. The molecule has 20 heavy (non-hydrogen) atoms. The van der Waals surface area contributed by atoms with Crippen LogP contribution in [0.15, 0.2) is 18.2 Å². The molecule has 1 aliphatic heterocycles. The smallest absolute Gasteiger partial charge is 0.224 e. The van der Waals surface area contributed by atoms with Gasteiger partial charge in [0.2, 0.25) is 5.91 Å². The average Bonchev–Trinajstić information content (AvgIpc) is 2.34. The number of aryl methyl sites for hydroxylation is 1. The Morgan fingerprint density at radius 1 is 1.30 bits per heavy atom. The van der Waals surface area contributed by atoms with Gasteiger partial charge in [0.1, 0.15) is 11.9 Å². The summed E-state index contributed by atoms with van der Waals surface area (Å²) >= 11 is 0. The molecule has 1 aliphatic rings. The lowest BCUT2D eigenvalue weighted by Crippen LogP contribution is -2.45. The topological polar surface area (TPSA) is 64.3 Å². The number of rotatable bonds is 3. The Kier molecular flexibility index (Phi) is 4.04. The molecule has 2 unspecified atom stereocenters. The minimum Gasteiger partial charge on any atom is -0.488 e. The van der Waals surface area contributed by atoms with Gasteiger partial charge < -0.3 is 15.8 Å². The molecule has 2 atom stereocenters. The van der Waals surface area contributed by atoms with Gasteiger partial charge in [-0.05, 0) is 37.1 Å². The zero-order valence-electron chi connectivity index (χ0n) is 12.7. The number of benzene rings is 1. The normalized spacial score (nSPS) is 17.9. The second-order valence-corrected chi connectivity index (χ2v) is 6.63. The molecule has 3 N–H and O–H groups in total. The summed E-state index contributed by atoms with van der Waals surface area (Å²) in [6.45, 7) is 8.34. The van der Waals surface area contributed by atoms with Crippen molar-refractivity contribution in [2.45, 2.75) is 52.7 Å². The minimum absolute atomic E-state index is 0.0295. The van der Waals surface area contributed by atoms with Gasteiger partial charge in [0.05, 0.1) is 0 Å². The Morgan fingerprint density at radius 3 is 2.60 bits per heavy atom. The molecule has 1 aromatic carbocycles. The second kappa shape index (κ2) is 5.44. The summed E-state index contributed by atoms with van der Waals surface area (Å²) in [5, 5.41) is 2.87. The number of amides is 1. The van der Waals surface area contributed by atoms with E-state index < -0.39 is 0 Å². The SMILES string of the molecule is CC(N)C(Oc1ccc2c(c1)CCC(=O)N2)C(C)(C)C. The van der Waals surface area contributed by atoms with Crippen LogP contribution in [0.4, 0.5) is 5.69 Å². The average molecular weight is 276 g/mol. The third kappa shape index (κ3) is 3.31. The number of hydrogen-bond acceptors (Lipinski definition) is 3. The molecule has 0 fully saturated rings. The number of carbonyl (C=O) groups is 1. The number of nitrogens with one attached hydrogen (secondary N) is 1. The summed E-state index contributed by atoms with van der Waals surface area (Å²) < 4.78 is 6.10. The number of anilines is 1. The quantitative estimate of drug-likeness (QED) is 0.892. The van der Waals surface area contributed by atoms with E-state index in [9.17, 15) is 4.79 Å². The summed E-state index contributed by atoms with van der Waals surface area (Å²) in [6, 6.07) is 5.76. The summed E-state index contributed by atoms with van der Waals surface area (Å²) in [6.07, 6.45) is 1.24. The predicted molar refractivity (Wildman–Crippen MR) is 80.9 cm³/mol. The van der Waals surface area contributed by atoms with Crippen molar-refractivity contribution < 1.29 is 9.53 Å². The van der Waals surface area contributed by atoms with E-state index in [1.54, 1.807) is 0 Å². The van der Waals surface area contributed by atoms with Crippen LogP contribution in [0, 0.1) is 5.41 Å². The highest BCUT2D eigenvalue weighted by Crippen LogP contribution is 2.31. The molecule has 0 saturated carbocycles. The van der Waals surface area contributed by atoms with Gasteiger partial charge in [-0.25, -0.2) is 0 Å². The van der Waals surface area contributed by atoms with Crippen molar-refractivity contribution in [2.75, 3.05) is 5.32 Å². The molecule has 4 nitrogen and oxygen atoms in total. The largest absolute Gasteiger partial charge is 0.488 e. The first-order chi connectivity index (χ1) is 9.27. The molecule has 110 valence electrons. The lowest BCUT2D eigenvalue weighted by Gasteiger charge is -2.34. The third-order valence-corrected chi connectivity index (χ3v) is 3.57. The molecule has 0 saturated heterocycles. The van der Waals surface area contributed by atoms with Crippen LogP contribution in [0.25, 0.3) is 0 Å². The Balaban J connectivity index is 2.20. The molecule has 4 heteroatoms. The summed E-state index contributed by atoms with van der Waals surface area (Å²) in [4.78, 5) is 11.4. The standard InChI is InChI=1S/C16H24N2O2/c1-10(17)15(16(2,3)4)20-12-6-7-13-11(9-12)5-8-14(19)18-13/h6-7,9-10,15H,5,8,17H2,1-4H3,(H,18,19). The van der Waals surface area contributed by atoms with Crippen molar-refractivity contribution in [2.24, 2.45) is 11.1 Å². The zero-order chi connectivity index (χ0) is 14.9. The van der Waals surface area contributed by atoms with Crippen molar-refractivity contribution in [3.63, 3.8) is 0 Å². The summed E-state index contributed by atoms with van der Waals surface area (Å²) in [7, 11) is 0. The number of ether oxygens (including phenoxy) is 1. The van der Waals surface area contributed by atoms with Gasteiger partial charge in [0.15, 0.2) is 0 Å². The van der Waals surface area contributed by atoms with E-state index >= 15 is 0 Å². The van der Waals surface area contributed by atoms with E-state index in [1.165, 1.54) is 0 Å².